The molecule has 2 atom stereocenters. The van der Waals surface area contributed by atoms with E-state index in [9.17, 15) is 14.3 Å². The SMILES string of the molecule is CC(CC(O)c1ccc(F)cc1)NC(=O)CCc1ncn[nH]1. The second kappa shape index (κ2) is 7.65. The molecular weight excluding hydrogens is 287 g/mol. The number of carbonyl (C=O) groups excluding carboxylic acids is 1. The fraction of sp³-hybridized carbons (Fsp3) is 0.400. The Balaban J connectivity index is 1.75. The lowest BCUT2D eigenvalue weighted by Crippen LogP contribution is -2.33. The Hall–Kier alpha value is -2.28. The number of carbonyl (C=O) groups is 1. The van der Waals surface area contributed by atoms with Crippen molar-refractivity contribution in [3.05, 3.63) is 47.8 Å². The summed E-state index contributed by atoms with van der Waals surface area (Å²) in [6, 6.07) is 5.50. The van der Waals surface area contributed by atoms with Gasteiger partial charge in [0.25, 0.3) is 0 Å². The van der Waals surface area contributed by atoms with Crippen LogP contribution in [0.1, 0.15) is 37.3 Å². The van der Waals surface area contributed by atoms with Gasteiger partial charge in [0.05, 0.1) is 6.10 Å². The van der Waals surface area contributed by atoms with Crippen LogP contribution in [0.4, 0.5) is 4.39 Å². The Kier molecular flexibility index (Phi) is 5.60. The number of aromatic amines is 1. The van der Waals surface area contributed by atoms with Gasteiger partial charge in [-0.2, -0.15) is 5.10 Å². The lowest BCUT2D eigenvalue weighted by Gasteiger charge is -2.18. The van der Waals surface area contributed by atoms with Crippen molar-refractivity contribution in [1.29, 1.82) is 0 Å². The molecule has 0 aliphatic carbocycles. The quantitative estimate of drug-likeness (QED) is 0.723. The molecule has 0 radical (unpaired) electrons. The van der Waals surface area contributed by atoms with Crippen molar-refractivity contribution in [2.45, 2.75) is 38.3 Å². The first kappa shape index (κ1) is 16.1. The third-order valence-electron chi connectivity index (χ3n) is 3.29. The molecule has 1 aromatic heterocycles. The minimum Gasteiger partial charge on any atom is -0.388 e. The van der Waals surface area contributed by atoms with Gasteiger partial charge in [-0.3, -0.25) is 9.89 Å². The number of aliphatic hydroxyl groups is 1. The maximum absolute atomic E-state index is 12.8. The first-order valence-corrected chi connectivity index (χ1v) is 7.11. The minimum atomic E-state index is -0.745. The molecule has 0 bridgehead atoms. The van der Waals surface area contributed by atoms with Crippen LogP contribution in [-0.4, -0.2) is 32.2 Å². The van der Waals surface area contributed by atoms with Crippen LogP contribution in [-0.2, 0) is 11.2 Å². The normalized spacial score (nSPS) is 13.6. The highest BCUT2D eigenvalue weighted by Crippen LogP contribution is 2.18. The zero-order chi connectivity index (χ0) is 15.9. The van der Waals surface area contributed by atoms with Crippen molar-refractivity contribution in [2.75, 3.05) is 0 Å². The molecule has 0 spiro atoms. The third kappa shape index (κ3) is 4.92. The molecule has 0 fully saturated rings. The van der Waals surface area contributed by atoms with E-state index in [4.69, 9.17) is 0 Å². The molecule has 2 unspecified atom stereocenters. The van der Waals surface area contributed by atoms with Gasteiger partial charge in [-0.05, 0) is 31.0 Å². The summed E-state index contributed by atoms with van der Waals surface area (Å²) >= 11 is 0. The second-order valence-electron chi connectivity index (χ2n) is 5.20. The van der Waals surface area contributed by atoms with Gasteiger partial charge in [-0.25, -0.2) is 9.37 Å². The Morgan fingerprint density at radius 1 is 1.41 bits per heavy atom. The van der Waals surface area contributed by atoms with Crippen LogP contribution >= 0.6 is 0 Å². The number of nitrogens with one attached hydrogen (secondary N) is 2. The number of halogens is 1. The van der Waals surface area contributed by atoms with Crippen molar-refractivity contribution in [2.24, 2.45) is 0 Å². The number of nitrogens with zero attached hydrogens (tertiary/aromatic N) is 2. The average Bonchev–Trinajstić information content (AvgIpc) is 2.99. The summed E-state index contributed by atoms with van der Waals surface area (Å²) in [7, 11) is 0. The standard InChI is InChI=1S/C15H19FN4O2/c1-10(8-13(21)11-2-4-12(16)5-3-11)19-15(22)7-6-14-17-9-18-20-14/h2-5,9-10,13,21H,6-8H2,1H3,(H,19,22)(H,17,18,20). The number of aryl methyl sites for hydroxylation is 1. The van der Waals surface area contributed by atoms with E-state index in [0.29, 0.717) is 30.7 Å². The highest BCUT2D eigenvalue weighted by molar-refractivity contribution is 5.76. The van der Waals surface area contributed by atoms with Crippen LogP contribution in [0, 0.1) is 5.82 Å². The molecule has 118 valence electrons. The van der Waals surface area contributed by atoms with E-state index in [-0.39, 0.29) is 17.8 Å². The predicted octanol–water partition coefficient (Wildman–Crippen LogP) is 1.50. The summed E-state index contributed by atoms with van der Waals surface area (Å²) in [6.45, 7) is 1.82. The van der Waals surface area contributed by atoms with E-state index in [1.54, 1.807) is 12.1 Å². The van der Waals surface area contributed by atoms with Crippen molar-refractivity contribution in [3.63, 3.8) is 0 Å². The van der Waals surface area contributed by atoms with Gasteiger partial charge in [-0.1, -0.05) is 12.1 Å². The van der Waals surface area contributed by atoms with E-state index in [1.807, 2.05) is 6.92 Å². The molecule has 22 heavy (non-hydrogen) atoms. The first-order valence-electron chi connectivity index (χ1n) is 7.11. The molecule has 1 heterocycles. The lowest BCUT2D eigenvalue weighted by molar-refractivity contribution is -0.121. The van der Waals surface area contributed by atoms with Gasteiger partial charge in [-0.15, -0.1) is 0 Å². The van der Waals surface area contributed by atoms with Gasteiger partial charge < -0.3 is 10.4 Å². The van der Waals surface area contributed by atoms with E-state index in [1.165, 1.54) is 18.5 Å². The molecule has 1 amide bonds. The monoisotopic (exact) mass is 306 g/mol. The topological polar surface area (TPSA) is 90.9 Å². The van der Waals surface area contributed by atoms with Crippen LogP contribution in [0.25, 0.3) is 0 Å². The van der Waals surface area contributed by atoms with Crippen LogP contribution in [0.5, 0.6) is 0 Å². The molecular formula is C15H19FN4O2. The zero-order valence-electron chi connectivity index (χ0n) is 12.3. The molecule has 0 saturated heterocycles. The largest absolute Gasteiger partial charge is 0.388 e. The van der Waals surface area contributed by atoms with Gasteiger partial charge in [0.15, 0.2) is 0 Å². The molecule has 0 aliphatic rings. The predicted molar refractivity (Wildman–Crippen MR) is 78.3 cm³/mol. The fourth-order valence-electron chi connectivity index (χ4n) is 2.15. The van der Waals surface area contributed by atoms with Gasteiger partial charge in [0.2, 0.25) is 5.91 Å². The van der Waals surface area contributed by atoms with Gasteiger partial charge in [0, 0.05) is 18.9 Å². The number of H-pyrrole nitrogens is 1. The maximum atomic E-state index is 12.8. The number of hydrogen-bond donors (Lipinski definition) is 3. The third-order valence-corrected chi connectivity index (χ3v) is 3.29. The zero-order valence-corrected chi connectivity index (χ0v) is 12.3. The van der Waals surface area contributed by atoms with E-state index in [0.717, 1.165) is 0 Å². The minimum absolute atomic E-state index is 0.116. The Labute approximate surface area is 127 Å². The fourth-order valence-corrected chi connectivity index (χ4v) is 2.15. The van der Waals surface area contributed by atoms with Crippen LogP contribution in [0.15, 0.2) is 30.6 Å². The number of aliphatic hydroxyl groups excluding tert-OH is 1. The molecule has 0 saturated carbocycles. The van der Waals surface area contributed by atoms with Crippen LogP contribution < -0.4 is 5.32 Å². The maximum Gasteiger partial charge on any atom is 0.220 e. The van der Waals surface area contributed by atoms with Gasteiger partial charge >= 0.3 is 0 Å². The molecule has 2 rings (SSSR count). The van der Waals surface area contributed by atoms with E-state index in [2.05, 4.69) is 20.5 Å². The Morgan fingerprint density at radius 2 is 2.14 bits per heavy atom. The van der Waals surface area contributed by atoms with Crippen molar-refractivity contribution < 1.29 is 14.3 Å². The van der Waals surface area contributed by atoms with Crippen LogP contribution in [0.2, 0.25) is 0 Å². The summed E-state index contributed by atoms with van der Waals surface area (Å²) in [5.74, 6) is 0.203. The number of hydrogen-bond acceptors (Lipinski definition) is 4. The van der Waals surface area contributed by atoms with Crippen molar-refractivity contribution in [1.82, 2.24) is 20.5 Å². The van der Waals surface area contributed by atoms with Gasteiger partial charge in [0.1, 0.15) is 18.0 Å². The second-order valence-corrected chi connectivity index (χ2v) is 5.20. The Bertz CT molecular complexity index is 586. The highest BCUT2D eigenvalue weighted by Gasteiger charge is 2.14. The molecule has 1 aromatic carbocycles. The number of aromatic nitrogens is 3. The van der Waals surface area contributed by atoms with E-state index < -0.39 is 6.10 Å². The molecule has 3 N–H and O–H groups in total. The van der Waals surface area contributed by atoms with E-state index >= 15 is 0 Å². The highest BCUT2D eigenvalue weighted by atomic mass is 19.1. The summed E-state index contributed by atoms with van der Waals surface area (Å²) in [5.41, 5.74) is 0.629. The average molecular weight is 306 g/mol. The lowest BCUT2D eigenvalue weighted by atomic mass is 10.0. The van der Waals surface area contributed by atoms with Crippen molar-refractivity contribution >= 4 is 5.91 Å². The molecule has 0 aliphatic heterocycles. The smallest absolute Gasteiger partial charge is 0.220 e. The molecule has 7 heteroatoms. The Morgan fingerprint density at radius 3 is 2.77 bits per heavy atom. The summed E-state index contributed by atoms with van der Waals surface area (Å²) in [6.07, 6.45) is 1.80. The first-order chi connectivity index (χ1) is 10.5. The number of amides is 1. The number of rotatable bonds is 7. The van der Waals surface area contributed by atoms with Crippen LogP contribution in [0.3, 0.4) is 0 Å². The number of benzene rings is 1. The molecule has 2 aromatic rings. The van der Waals surface area contributed by atoms with Crippen molar-refractivity contribution in [3.8, 4) is 0 Å². The summed E-state index contributed by atoms with van der Waals surface area (Å²) in [5, 5.41) is 19.3. The summed E-state index contributed by atoms with van der Waals surface area (Å²) in [4.78, 5) is 15.8. The molecule has 6 nitrogen and oxygen atoms in total. The summed E-state index contributed by atoms with van der Waals surface area (Å²) < 4.78 is 12.8.